The van der Waals surface area contributed by atoms with E-state index in [4.69, 9.17) is 28.1 Å². The van der Waals surface area contributed by atoms with Crippen LogP contribution in [-0.4, -0.2) is 41.0 Å². The first kappa shape index (κ1) is 26.4. The lowest BCUT2D eigenvalue weighted by Crippen LogP contribution is -2.45. The van der Waals surface area contributed by atoms with Gasteiger partial charge in [-0.05, 0) is 38.2 Å². The number of nitrogens with zero attached hydrogens (tertiary/aromatic N) is 2. The number of fused-ring (bicyclic) bond motifs is 1. The molecule has 0 fully saturated rings. The molecule has 1 aliphatic rings. The number of thiocarbonyl (C=S) groups is 1. The predicted octanol–water partition coefficient (Wildman–Crippen LogP) is 3.16. The van der Waals surface area contributed by atoms with Crippen LogP contribution < -0.4 is 20.8 Å². The van der Waals surface area contributed by atoms with E-state index in [1.807, 2.05) is 41.1 Å². The molecule has 194 valence electrons. The summed E-state index contributed by atoms with van der Waals surface area (Å²) in [7, 11) is 0. The number of para-hydroxylation sites is 2. The van der Waals surface area contributed by atoms with Crippen molar-refractivity contribution in [3.63, 3.8) is 0 Å². The van der Waals surface area contributed by atoms with Crippen molar-refractivity contribution >= 4 is 46.3 Å². The van der Waals surface area contributed by atoms with Crippen LogP contribution in [0.5, 0.6) is 5.75 Å². The molecule has 0 spiro atoms. The average Bonchev–Trinajstić information content (AvgIpc) is 3.25. The third-order valence-corrected chi connectivity index (χ3v) is 6.05. The summed E-state index contributed by atoms with van der Waals surface area (Å²) in [6, 6.07) is 14.3. The molecule has 0 saturated heterocycles. The van der Waals surface area contributed by atoms with Crippen LogP contribution in [0.15, 0.2) is 71.1 Å². The van der Waals surface area contributed by atoms with E-state index in [0.717, 1.165) is 16.5 Å². The zero-order valence-electron chi connectivity index (χ0n) is 21.0. The number of benzene rings is 2. The summed E-state index contributed by atoms with van der Waals surface area (Å²) >= 11 is 5.31. The summed E-state index contributed by atoms with van der Waals surface area (Å²) in [4.78, 5) is 25.2. The molecule has 2 aromatic carbocycles. The van der Waals surface area contributed by atoms with Gasteiger partial charge in [-0.15, -0.1) is 6.42 Å². The number of rotatable bonds is 9. The van der Waals surface area contributed by atoms with Crippen LogP contribution in [0.2, 0.25) is 0 Å². The zero-order valence-corrected chi connectivity index (χ0v) is 21.8. The molecule has 0 unspecified atom stereocenters. The molecule has 1 amide bonds. The summed E-state index contributed by atoms with van der Waals surface area (Å²) in [6.45, 7) is 3.86. The molecular formula is C28H27N5O4S. The first-order valence-corrected chi connectivity index (χ1v) is 12.3. The highest BCUT2D eigenvalue weighted by atomic mass is 32.1. The Hall–Kier alpha value is -4.62. The van der Waals surface area contributed by atoms with Crippen LogP contribution in [0.25, 0.3) is 10.9 Å². The lowest BCUT2D eigenvalue weighted by Gasteiger charge is -2.30. The van der Waals surface area contributed by atoms with E-state index in [0.29, 0.717) is 34.2 Å². The van der Waals surface area contributed by atoms with Crippen molar-refractivity contribution in [2.24, 2.45) is 5.10 Å². The van der Waals surface area contributed by atoms with Crippen LogP contribution in [0.1, 0.15) is 31.0 Å². The topological polar surface area (TPSA) is 106 Å². The van der Waals surface area contributed by atoms with Gasteiger partial charge in [0.25, 0.3) is 5.91 Å². The van der Waals surface area contributed by atoms with Gasteiger partial charge in [-0.25, -0.2) is 10.2 Å². The average molecular weight is 530 g/mol. The van der Waals surface area contributed by atoms with Gasteiger partial charge in [-0.1, -0.05) is 42.3 Å². The van der Waals surface area contributed by atoms with Crippen molar-refractivity contribution in [1.82, 2.24) is 20.6 Å². The van der Waals surface area contributed by atoms with E-state index in [1.165, 1.54) is 0 Å². The van der Waals surface area contributed by atoms with Gasteiger partial charge in [0.05, 0.1) is 31.0 Å². The van der Waals surface area contributed by atoms with Crippen LogP contribution in [0.3, 0.4) is 0 Å². The Balaban J connectivity index is 1.46. The SMILES string of the molecule is C#CCn1cc(C=NNC(=O)COc2ccccc2[C@@H]2NC(=S)NC(C)=C2C(=O)OCC)c2ccccc21. The predicted molar refractivity (Wildman–Crippen MR) is 149 cm³/mol. The fraction of sp³-hybridized carbons (Fsp3) is 0.214. The molecule has 1 aliphatic heterocycles. The largest absolute Gasteiger partial charge is 0.483 e. The minimum Gasteiger partial charge on any atom is -0.483 e. The molecule has 3 aromatic rings. The highest BCUT2D eigenvalue weighted by Gasteiger charge is 2.32. The zero-order chi connectivity index (χ0) is 27.1. The van der Waals surface area contributed by atoms with Crippen molar-refractivity contribution in [3.05, 3.63) is 77.1 Å². The number of nitrogens with one attached hydrogen (secondary N) is 3. The van der Waals surface area contributed by atoms with E-state index in [9.17, 15) is 9.59 Å². The number of carbonyl (C=O) groups excluding carboxylic acids is 2. The molecule has 9 nitrogen and oxygen atoms in total. The Morgan fingerprint density at radius 1 is 1.24 bits per heavy atom. The van der Waals surface area contributed by atoms with Gasteiger partial charge in [0.1, 0.15) is 5.75 Å². The second-order valence-electron chi connectivity index (χ2n) is 8.34. The maximum absolute atomic E-state index is 12.7. The lowest BCUT2D eigenvalue weighted by atomic mass is 9.95. The number of amides is 1. The number of ether oxygens (including phenoxy) is 2. The highest BCUT2D eigenvalue weighted by molar-refractivity contribution is 7.80. The number of aromatic nitrogens is 1. The molecule has 4 rings (SSSR count). The number of hydrazone groups is 1. The van der Waals surface area contributed by atoms with E-state index in [2.05, 4.69) is 27.1 Å². The van der Waals surface area contributed by atoms with Crippen LogP contribution in [-0.2, 0) is 20.9 Å². The van der Waals surface area contributed by atoms with Crippen LogP contribution in [0, 0.1) is 12.3 Å². The summed E-state index contributed by atoms with van der Waals surface area (Å²) in [5.74, 6) is 2.13. The van der Waals surface area contributed by atoms with Gasteiger partial charge < -0.3 is 24.7 Å². The molecule has 10 heteroatoms. The molecule has 1 atom stereocenters. The number of hydrogen-bond donors (Lipinski definition) is 3. The Morgan fingerprint density at radius 3 is 2.79 bits per heavy atom. The number of hydrogen-bond acceptors (Lipinski definition) is 6. The monoisotopic (exact) mass is 529 g/mol. The van der Waals surface area contributed by atoms with E-state index in [1.54, 1.807) is 38.3 Å². The Labute approximate surface area is 225 Å². The van der Waals surface area contributed by atoms with Gasteiger partial charge in [-0.2, -0.15) is 5.10 Å². The molecule has 38 heavy (non-hydrogen) atoms. The van der Waals surface area contributed by atoms with Crippen molar-refractivity contribution in [2.45, 2.75) is 26.4 Å². The van der Waals surface area contributed by atoms with Crippen molar-refractivity contribution < 1.29 is 19.1 Å². The standard InChI is InChI=1S/C28H27N5O4S/c1-4-14-33-16-19(20-10-6-8-12-22(20)33)15-29-32-24(34)17-37-23-13-9-7-11-21(23)26-25(27(35)36-5-2)18(3)30-28(38)31-26/h1,6-13,15-16,26H,5,14,17H2,2-3H3,(H,32,34)(H2,30,31,38)/t26-/m0/s1. The molecule has 0 bridgehead atoms. The fourth-order valence-corrected chi connectivity index (χ4v) is 4.48. The maximum atomic E-state index is 12.7. The Kier molecular flexibility index (Phi) is 8.40. The highest BCUT2D eigenvalue weighted by Crippen LogP contribution is 2.33. The Morgan fingerprint density at radius 2 is 2.00 bits per heavy atom. The minimum atomic E-state index is -0.611. The fourth-order valence-electron chi connectivity index (χ4n) is 4.21. The van der Waals surface area contributed by atoms with Gasteiger partial charge >= 0.3 is 5.97 Å². The van der Waals surface area contributed by atoms with Gasteiger partial charge in [0.15, 0.2) is 11.7 Å². The van der Waals surface area contributed by atoms with E-state index in [-0.39, 0.29) is 13.2 Å². The van der Waals surface area contributed by atoms with Crippen molar-refractivity contribution in [1.29, 1.82) is 0 Å². The van der Waals surface area contributed by atoms with Crippen LogP contribution >= 0.6 is 12.2 Å². The third-order valence-electron chi connectivity index (χ3n) is 5.83. The molecule has 0 radical (unpaired) electrons. The third kappa shape index (κ3) is 5.85. The molecule has 0 aliphatic carbocycles. The maximum Gasteiger partial charge on any atom is 0.338 e. The smallest absolute Gasteiger partial charge is 0.338 e. The Bertz CT molecular complexity index is 1480. The van der Waals surface area contributed by atoms with Gasteiger partial charge in [0, 0.05) is 33.9 Å². The van der Waals surface area contributed by atoms with Gasteiger partial charge in [0.2, 0.25) is 0 Å². The number of carbonyl (C=O) groups is 2. The molecule has 0 saturated carbocycles. The summed E-state index contributed by atoms with van der Waals surface area (Å²) in [5.41, 5.74) is 5.90. The summed E-state index contributed by atoms with van der Waals surface area (Å²) in [5, 5.41) is 11.5. The van der Waals surface area contributed by atoms with E-state index < -0.39 is 17.9 Å². The normalized spacial score (nSPS) is 15.1. The molecular weight excluding hydrogens is 502 g/mol. The number of terminal acetylenes is 1. The number of esters is 1. The quantitative estimate of drug-likeness (QED) is 0.129. The molecule has 2 heterocycles. The summed E-state index contributed by atoms with van der Waals surface area (Å²) in [6.07, 6.45) is 8.93. The van der Waals surface area contributed by atoms with Crippen molar-refractivity contribution in [3.8, 4) is 18.1 Å². The first-order valence-electron chi connectivity index (χ1n) is 11.9. The van der Waals surface area contributed by atoms with Gasteiger partial charge in [-0.3, -0.25) is 4.79 Å². The lowest BCUT2D eigenvalue weighted by molar-refractivity contribution is -0.139. The number of allylic oxidation sites excluding steroid dienone is 1. The first-order chi connectivity index (χ1) is 18.4. The minimum absolute atomic E-state index is 0.232. The summed E-state index contributed by atoms with van der Waals surface area (Å²) < 4.78 is 13.0. The molecule has 1 aromatic heterocycles. The second kappa shape index (κ2) is 12.1. The molecule has 3 N–H and O–H groups in total. The second-order valence-corrected chi connectivity index (χ2v) is 8.75. The van der Waals surface area contributed by atoms with Crippen molar-refractivity contribution in [2.75, 3.05) is 13.2 Å². The van der Waals surface area contributed by atoms with E-state index >= 15 is 0 Å². The van der Waals surface area contributed by atoms with Crippen LogP contribution in [0.4, 0.5) is 0 Å².